The maximum absolute atomic E-state index is 13.7. The highest BCUT2D eigenvalue weighted by Gasteiger charge is 2.61. The maximum atomic E-state index is 13.7. The third-order valence-electron chi connectivity index (χ3n) is 6.98. The Morgan fingerprint density at radius 2 is 1.61 bits per heavy atom. The zero-order chi connectivity index (χ0) is 27.0. The fraction of sp³-hybridized carbons (Fsp3) is 0.750. The Balaban J connectivity index is 2.02. The molecule has 0 N–H and O–H groups in total. The first-order chi connectivity index (χ1) is 16.7. The number of ether oxygens (including phenoxy) is 1. The lowest BCUT2D eigenvalue weighted by Gasteiger charge is -2.50. The van der Waals surface area contributed by atoms with Crippen LogP contribution in [0.3, 0.4) is 0 Å². The molecule has 0 aromatic carbocycles. The zero-order valence-electron chi connectivity index (χ0n) is 23.2. The van der Waals surface area contributed by atoms with Gasteiger partial charge in [0.1, 0.15) is 12.2 Å². The number of Topliss-reactive ketones (excluding diaryl/α,β-unsaturated/α-hetero) is 1. The Kier molecular flexibility index (Phi) is 8.78. The number of rotatable bonds is 7. The van der Waals surface area contributed by atoms with Crippen LogP contribution in [0.2, 0.25) is 22.2 Å². The molecule has 2 fully saturated rings. The monoisotopic (exact) mass is 538 g/mol. The molecule has 0 saturated carbocycles. The fourth-order valence-electron chi connectivity index (χ4n) is 5.04. The van der Waals surface area contributed by atoms with Crippen molar-refractivity contribution < 1.29 is 22.5 Å². The van der Waals surface area contributed by atoms with Crippen molar-refractivity contribution in [2.75, 3.05) is 20.7 Å². The third kappa shape index (κ3) is 5.29. The summed E-state index contributed by atoms with van der Waals surface area (Å²) in [6.07, 6.45) is 0.383. The largest absolute Gasteiger partial charge is 0.414 e. The van der Waals surface area contributed by atoms with Crippen LogP contribution in [0.1, 0.15) is 61.6 Å². The Morgan fingerprint density at radius 1 is 1.03 bits per heavy atom. The van der Waals surface area contributed by atoms with Gasteiger partial charge in [0.25, 0.3) is 0 Å². The molecule has 0 unspecified atom stereocenters. The minimum atomic E-state index is -2.97. The first-order valence-electron chi connectivity index (χ1n) is 12.8. The van der Waals surface area contributed by atoms with E-state index >= 15 is 0 Å². The van der Waals surface area contributed by atoms with Crippen molar-refractivity contribution in [3.63, 3.8) is 0 Å². The Hall–Kier alpha value is -1.71. The number of fused-ring (bicyclic) bond motifs is 1. The van der Waals surface area contributed by atoms with Crippen LogP contribution >= 0.6 is 0 Å². The predicted octanol–water partition coefficient (Wildman–Crippen LogP) is 3.89. The van der Waals surface area contributed by atoms with E-state index in [9.17, 15) is 9.59 Å². The van der Waals surface area contributed by atoms with Gasteiger partial charge in [-0.25, -0.2) is 9.79 Å². The van der Waals surface area contributed by atoms with Gasteiger partial charge in [-0.15, -0.1) is 0 Å². The number of carbonyl (C=O) groups excluding carboxylic acids is 1. The number of hydrogen-bond donors (Lipinski definition) is 0. The van der Waals surface area contributed by atoms with Crippen LogP contribution in [-0.4, -0.2) is 76.6 Å². The van der Waals surface area contributed by atoms with Crippen LogP contribution in [0.4, 0.5) is 5.82 Å². The summed E-state index contributed by atoms with van der Waals surface area (Å²) in [6.45, 7) is 17.1. The SMILES string of the molecule is CC(C)[Si]1(C(C)C)OC[C@H]2O[C@@H](n3ccc(N=CN(C)C)nc3=O)C(=O)[C@@H]2O[Si](C(C)C)(C(C)C)O1. The molecular weight excluding hydrogens is 496 g/mol. The molecule has 3 rings (SSSR count). The van der Waals surface area contributed by atoms with Crippen molar-refractivity contribution in [3.05, 3.63) is 22.7 Å². The molecule has 0 bridgehead atoms. The summed E-state index contributed by atoms with van der Waals surface area (Å²) in [4.78, 5) is 36.4. The smallest absolute Gasteiger partial charge is 0.352 e. The summed E-state index contributed by atoms with van der Waals surface area (Å²) in [6, 6.07) is 1.58. The summed E-state index contributed by atoms with van der Waals surface area (Å²) in [7, 11) is -2.09. The molecule has 1 aromatic rings. The molecule has 2 saturated heterocycles. The van der Waals surface area contributed by atoms with Crippen LogP contribution < -0.4 is 5.69 Å². The molecule has 202 valence electrons. The Morgan fingerprint density at radius 3 is 2.11 bits per heavy atom. The summed E-state index contributed by atoms with van der Waals surface area (Å²) in [5, 5.41) is 0. The van der Waals surface area contributed by atoms with Crippen molar-refractivity contribution in [2.24, 2.45) is 4.99 Å². The van der Waals surface area contributed by atoms with Crippen LogP contribution in [0.25, 0.3) is 0 Å². The van der Waals surface area contributed by atoms with Crippen molar-refractivity contribution in [3.8, 4) is 0 Å². The molecule has 2 aliphatic rings. The molecular formula is C24H42N4O6Si2. The summed E-state index contributed by atoms with van der Waals surface area (Å²) < 4.78 is 28.0. The average molecular weight is 539 g/mol. The molecule has 3 heterocycles. The van der Waals surface area contributed by atoms with Crippen molar-refractivity contribution in [1.29, 1.82) is 0 Å². The van der Waals surface area contributed by atoms with Gasteiger partial charge in [-0.2, -0.15) is 4.98 Å². The van der Waals surface area contributed by atoms with Crippen LogP contribution in [-0.2, 0) is 22.5 Å². The number of ketones is 1. The minimum Gasteiger partial charge on any atom is -0.414 e. The van der Waals surface area contributed by atoms with Gasteiger partial charge in [-0.05, 0) is 28.2 Å². The highest BCUT2D eigenvalue weighted by Crippen LogP contribution is 2.47. The van der Waals surface area contributed by atoms with Crippen molar-refractivity contribution >= 4 is 35.1 Å². The van der Waals surface area contributed by atoms with Gasteiger partial charge in [-0.1, -0.05) is 55.4 Å². The number of aliphatic imine (C=N–C) groups is 1. The quantitative estimate of drug-likeness (QED) is 0.293. The lowest BCUT2D eigenvalue weighted by atomic mass is 10.1. The van der Waals surface area contributed by atoms with Gasteiger partial charge < -0.3 is 22.6 Å². The van der Waals surface area contributed by atoms with Crippen LogP contribution in [0.15, 0.2) is 22.1 Å². The van der Waals surface area contributed by atoms with Crippen LogP contribution in [0.5, 0.6) is 0 Å². The molecule has 0 spiro atoms. The van der Waals surface area contributed by atoms with E-state index in [1.165, 1.54) is 10.8 Å². The molecule has 10 nitrogen and oxygen atoms in total. The number of aromatic nitrogens is 2. The molecule has 1 aromatic heterocycles. The molecule has 0 aliphatic carbocycles. The Labute approximate surface area is 216 Å². The number of nitrogens with zero attached hydrogens (tertiary/aromatic N) is 4. The van der Waals surface area contributed by atoms with E-state index in [1.54, 1.807) is 17.3 Å². The normalized spacial score (nSPS) is 26.2. The highest BCUT2D eigenvalue weighted by atomic mass is 28.5. The van der Waals surface area contributed by atoms with E-state index in [4.69, 9.17) is 17.7 Å². The molecule has 12 heteroatoms. The number of hydrogen-bond acceptors (Lipinski definition) is 8. The molecule has 0 radical (unpaired) electrons. The maximum Gasteiger partial charge on any atom is 0.352 e. The molecule has 36 heavy (non-hydrogen) atoms. The molecule has 0 amide bonds. The minimum absolute atomic E-state index is 0.0781. The summed E-state index contributed by atoms with van der Waals surface area (Å²) in [5.41, 5.74) is -0.102. The van der Waals surface area contributed by atoms with E-state index in [2.05, 4.69) is 65.4 Å². The van der Waals surface area contributed by atoms with Gasteiger partial charge >= 0.3 is 22.8 Å². The van der Waals surface area contributed by atoms with E-state index in [0.29, 0.717) is 0 Å². The lowest BCUT2D eigenvalue weighted by molar-refractivity contribution is -0.130. The fourth-order valence-corrected chi connectivity index (χ4v) is 16.2. The standard InChI is InChI=1S/C24H42N4O6Si2/c1-15(2)35(16(3)4)31-13-19-22(33-36(34-35,17(5)6)18(7)8)21(29)23(32-19)28-12-11-20(26-24(28)30)25-14-27(9)10/h11-12,14-19,22-23H,13H2,1-10H3/t19-,22-,23-/m1/s1. The van der Waals surface area contributed by atoms with Crippen LogP contribution in [0, 0.1) is 0 Å². The zero-order valence-corrected chi connectivity index (χ0v) is 25.2. The second-order valence-corrected chi connectivity index (χ2v) is 20.0. The summed E-state index contributed by atoms with van der Waals surface area (Å²) >= 11 is 0. The van der Waals surface area contributed by atoms with E-state index < -0.39 is 41.2 Å². The van der Waals surface area contributed by atoms with Gasteiger partial charge in [0.15, 0.2) is 5.82 Å². The molecule has 3 atom stereocenters. The first kappa shape index (κ1) is 28.9. The van der Waals surface area contributed by atoms with Gasteiger partial charge in [0.2, 0.25) is 12.0 Å². The molecule has 2 aliphatic heterocycles. The van der Waals surface area contributed by atoms with E-state index in [0.717, 1.165) is 0 Å². The van der Waals surface area contributed by atoms with E-state index in [1.807, 2.05) is 14.1 Å². The lowest BCUT2D eigenvalue weighted by Crippen LogP contribution is -2.65. The van der Waals surface area contributed by atoms with Gasteiger partial charge in [0, 0.05) is 20.3 Å². The van der Waals surface area contributed by atoms with E-state index in [-0.39, 0.29) is 40.4 Å². The second-order valence-electron chi connectivity index (χ2n) is 11.1. The average Bonchev–Trinajstić information content (AvgIpc) is 3.06. The third-order valence-corrected chi connectivity index (χ3v) is 17.2. The number of carbonyl (C=O) groups is 1. The Bertz CT molecular complexity index is 1010. The first-order valence-corrected chi connectivity index (χ1v) is 16.7. The highest BCUT2D eigenvalue weighted by molar-refractivity contribution is 6.84. The van der Waals surface area contributed by atoms with Gasteiger partial charge in [0.05, 0.1) is 12.9 Å². The topological polar surface area (TPSA) is 104 Å². The second kappa shape index (κ2) is 11.0. The van der Waals surface area contributed by atoms with Gasteiger partial charge in [-0.3, -0.25) is 9.36 Å². The van der Waals surface area contributed by atoms with Crippen molar-refractivity contribution in [1.82, 2.24) is 14.5 Å². The van der Waals surface area contributed by atoms with Crippen molar-refractivity contribution in [2.45, 2.75) is 96.0 Å². The summed E-state index contributed by atoms with van der Waals surface area (Å²) in [5.74, 6) is -0.0628. The predicted molar refractivity (Wildman–Crippen MR) is 143 cm³/mol.